The van der Waals surface area contributed by atoms with E-state index in [0.717, 1.165) is 18.5 Å². The first-order valence-corrected chi connectivity index (χ1v) is 4.13. The molecule has 4 nitrogen and oxygen atoms in total. The molecular weight excluding hydrogens is 154 g/mol. The van der Waals surface area contributed by atoms with E-state index in [-0.39, 0.29) is 0 Å². The van der Waals surface area contributed by atoms with Crippen molar-refractivity contribution < 1.29 is 4.79 Å². The summed E-state index contributed by atoms with van der Waals surface area (Å²) in [6, 6.07) is 0. The van der Waals surface area contributed by atoms with Crippen molar-refractivity contribution in [3.05, 3.63) is 11.9 Å². The maximum atomic E-state index is 11.3. The number of nitrogens with zero attached hydrogens (tertiary/aromatic N) is 3. The second-order valence-corrected chi connectivity index (χ2v) is 3.30. The molecule has 0 N–H and O–H groups in total. The van der Waals surface area contributed by atoms with E-state index in [0.29, 0.717) is 18.1 Å². The van der Waals surface area contributed by atoms with Gasteiger partial charge in [-0.1, -0.05) is 5.21 Å². The number of hydrogen-bond donors (Lipinski definition) is 0. The second-order valence-electron chi connectivity index (χ2n) is 3.30. The fourth-order valence-corrected chi connectivity index (χ4v) is 1.20. The molecule has 2 rings (SSSR count). The molecule has 0 aromatic carbocycles. The minimum Gasteiger partial charge on any atom is -0.299 e. The van der Waals surface area contributed by atoms with E-state index in [1.165, 1.54) is 0 Å². The van der Waals surface area contributed by atoms with E-state index >= 15 is 0 Å². The molecule has 0 amide bonds. The van der Waals surface area contributed by atoms with Gasteiger partial charge in [0.05, 0.1) is 12.1 Å². The van der Waals surface area contributed by atoms with Gasteiger partial charge in [0.2, 0.25) is 0 Å². The highest BCUT2D eigenvalue weighted by atomic mass is 16.1. The van der Waals surface area contributed by atoms with Crippen LogP contribution >= 0.6 is 0 Å². The zero-order chi connectivity index (χ0) is 8.55. The van der Waals surface area contributed by atoms with Gasteiger partial charge in [-0.2, -0.15) is 0 Å². The lowest BCUT2D eigenvalue weighted by molar-refractivity contribution is -0.119. The molecule has 64 valence electrons. The molecule has 4 heteroatoms. The fourth-order valence-electron chi connectivity index (χ4n) is 1.20. The number of aromatic nitrogens is 3. The molecule has 1 saturated carbocycles. The maximum absolute atomic E-state index is 11.3. The maximum Gasteiger partial charge on any atom is 0.142 e. The molecule has 1 heterocycles. The van der Waals surface area contributed by atoms with Gasteiger partial charge in [0.15, 0.2) is 0 Å². The molecule has 0 bridgehead atoms. The summed E-state index contributed by atoms with van der Waals surface area (Å²) >= 11 is 0. The topological polar surface area (TPSA) is 47.8 Å². The normalized spacial score (nSPS) is 16.4. The molecule has 1 aromatic rings. The molecule has 0 spiro atoms. The summed E-state index contributed by atoms with van der Waals surface area (Å²) in [4.78, 5) is 11.3. The van der Waals surface area contributed by atoms with Gasteiger partial charge in [-0.25, -0.2) is 0 Å². The van der Waals surface area contributed by atoms with Crippen molar-refractivity contribution in [1.82, 2.24) is 15.0 Å². The van der Waals surface area contributed by atoms with Gasteiger partial charge in [-0.3, -0.25) is 9.48 Å². The van der Waals surface area contributed by atoms with Crippen LogP contribution in [0.3, 0.4) is 0 Å². The first kappa shape index (κ1) is 7.46. The van der Waals surface area contributed by atoms with Gasteiger partial charge in [-0.05, 0) is 12.8 Å². The van der Waals surface area contributed by atoms with Crippen LogP contribution in [0.4, 0.5) is 0 Å². The van der Waals surface area contributed by atoms with E-state index < -0.39 is 0 Å². The van der Waals surface area contributed by atoms with E-state index in [4.69, 9.17) is 0 Å². The summed E-state index contributed by atoms with van der Waals surface area (Å²) in [5, 5.41) is 7.62. The lowest BCUT2D eigenvalue weighted by atomic mass is 10.1. The van der Waals surface area contributed by atoms with Crippen molar-refractivity contribution in [3.8, 4) is 0 Å². The van der Waals surface area contributed by atoms with Gasteiger partial charge in [0.1, 0.15) is 5.78 Å². The van der Waals surface area contributed by atoms with Crippen LogP contribution in [-0.4, -0.2) is 20.8 Å². The Labute approximate surface area is 70.6 Å². The van der Waals surface area contributed by atoms with Gasteiger partial charge < -0.3 is 0 Å². The number of hydrogen-bond acceptors (Lipinski definition) is 3. The minimum atomic E-state index is 0.315. The predicted molar refractivity (Wildman–Crippen MR) is 42.4 cm³/mol. The highest BCUT2D eigenvalue weighted by Gasteiger charge is 2.29. The van der Waals surface area contributed by atoms with Gasteiger partial charge in [-0.15, -0.1) is 5.10 Å². The van der Waals surface area contributed by atoms with Gasteiger partial charge >= 0.3 is 0 Å². The van der Waals surface area contributed by atoms with E-state index in [1.54, 1.807) is 17.9 Å². The van der Waals surface area contributed by atoms with E-state index in [9.17, 15) is 4.79 Å². The van der Waals surface area contributed by atoms with Crippen LogP contribution in [-0.2, 0) is 18.3 Å². The molecule has 1 fully saturated rings. The number of carbonyl (C=O) groups excluding carboxylic acids is 1. The predicted octanol–water partition coefficient (Wildman–Crippen LogP) is 0.337. The number of ketones is 1. The molecule has 1 aliphatic carbocycles. The Morgan fingerprint density at radius 2 is 2.50 bits per heavy atom. The average Bonchev–Trinajstić information content (AvgIpc) is 2.78. The third kappa shape index (κ3) is 1.52. The number of rotatable bonds is 3. The Hall–Kier alpha value is -1.19. The first-order chi connectivity index (χ1) is 5.75. The van der Waals surface area contributed by atoms with Crippen molar-refractivity contribution in [2.75, 3.05) is 0 Å². The van der Waals surface area contributed by atoms with Crippen LogP contribution in [0.5, 0.6) is 0 Å². The summed E-state index contributed by atoms with van der Waals surface area (Å²) in [5.41, 5.74) is 0.786. The van der Waals surface area contributed by atoms with Crippen molar-refractivity contribution in [3.63, 3.8) is 0 Å². The van der Waals surface area contributed by atoms with Crippen LogP contribution in [0.2, 0.25) is 0 Å². The van der Waals surface area contributed by atoms with E-state index in [2.05, 4.69) is 10.3 Å². The number of aryl methyl sites for hydroxylation is 1. The Kier molecular flexibility index (Phi) is 1.67. The molecule has 1 aliphatic rings. The zero-order valence-corrected chi connectivity index (χ0v) is 7.03. The van der Waals surface area contributed by atoms with Crippen molar-refractivity contribution in [1.29, 1.82) is 0 Å². The lowest BCUT2D eigenvalue weighted by Gasteiger charge is -1.91. The van der Waals surface area contributed by atoms with Crippen molar-refractivity contribution in [2.24, 2.45) is 13.0 Å². The van der Waals surface area contributed by atoms with Crippen molar-refractivity contribution >= 4 is 5.78 Å². The largest absolute Gasteiger partial charge is 0.299 e. The smallest absolute Gasteiger partial charge is 0.142 e. The molecule has 0 atom stereocenters. The monoisotopic (exact) mass is 165 g/mol. The summed E-state index contributed by atoms with van der Waals surface area (Å²) in [7, 11) is 1.80. The quantitative estimate of drug-likeness (QED) is 0.648. The Bertz CT molecular complexity index is 301. The molecule has 0 unspecified atom stereocenters. The molecule has 12 heavy (non-hydrogen) atoms. The van der Waals surface area contributed by atoms with Crippen LogP contribution in [0.25, 0.3) is 0 Å². The third-order valence-electron chi connectivity index (χ3n) is 2.04. The van der Waals surface area contributed by atoms with Gasteiger partial charge in [0.25, 0.3) is 0 Å². The van der Waals surface area contributed by atoms with Crippen LogP contribution in [0, 0.1) is 5.92 Å². The molecule has 0 radical (unpaired) electrons. The zero-order valence-electron chi connectivity index (χ0n) is 7.03. The summed E-state index contributed by atoms with van der Waals surface area (Å²) in [5.74, 6) is 0.641. The molecule has 1 aromatic heterocycles. The standard InChI is InChI=1S/C8H11N3O/c1-11-5-7(9-10-11)4-8(12)6-2-3-6/h5-6H,2-4H2,1H3. The van der Waals surface area contributed by atoms with Crippen LogP contribution in [0.1, 0.15) is 18.5 Å². The van der Waals surface area contributed by atoms with Gasteiger partial charge in [0, 0.05) is 19.2 Å². The van der Waals surface area contributed by atoms with E-state index in [1.807, 2.05) is 0 Å². The Morgan fingerprint density at radius 1 is 1.75 bits per heavy atom. The summed E-state index contributed by atoms with van der Waals surface area (Å²) in [6.07, 6.45) is 4.39. The minimum absolute atomic E-state index is 0.315. The SMILES string of the molecule is Cn1cc(CC(=O)C2CC2)nn1. The fraction of sp³-hybridized carbons (Fsp3) is 0.625. The molecule has 0 aliphatic heterocycles. The molecule has 0 saturated heterocycles. The average molecular weight is 165 g/mol. The second kappa shape index (κ2) is 2.69. The van der Waals surface area contributed by atoms with Crippen LogP contribution in [0.15, 0.2) is 6.20 Å². The number of Topliss-reactive ketones (excluding diaryl/α,β-unsaturated/α-hetero) is 1. The van der Waals surface area contributed by atoms with Crippen LogP contribution < -0.4 is 0 Å². The molecular formula is C8H11N3O. The number of carbonyl (C=O) groups is 1. The lowest BCUT2D eigenvalue weighted by Crippen LogP contribution is -2.04. The first-order valence-electron chi connectivity index (χ1n) is 4.13. The summed E-state index contributed by atoms with van der Waals surface area (Å²) in [6.45, 7) is 0. The Morgan fingerprint density at radius 3 is 3.00 bits per heavy atom. The Balaban J connectivity index is 1.98. The summed E-state index contributed by atoms with van der Waals surface area (Å²) < 4.78 is 1.62. The highest BCUT2D eigenvalue weighted by Crippen LogP contribution is 2.30. The highest BCUT2D eigenvalue weighted by molar-refractivity contribution is 5.84. The van der Waals surface area contributed by atoms with Crippen molar-refractivity contribution in [2.45, 2.75) is 19.3 Å². The third-order valence-corrected chi connectivity index (χ3v) is 2.04.